The van der Waals surface area contributed by atoms with Crippen LogP contribution in [-0.4, -0.2) is 86.2 Å². The predicted molar refractivity (Wildman–Crippen MR) is 93.8 cm³/mol. The third-order valence-electron chi connectivity index (χ3n) is 5.20. The molecule has 3 fully saturated rings. The summed E-state index contributed by atoms with van der Waals surface area (Å²) in [6.07, 6.45) is 5.43. The van der Waals surface area contributed by atoms with Crippen LogP contribution in [0.5, 0.6) is 0 Å². The van der Waals surface area contributed by atoms with E-state index in [1.54, 1.807) is 19.0 Å². The van der Waals surface area contributed by atoms with Crippen LogP contribution in [0.2, 0.25) is 0 Å². The number of nitrogens with one attached hydrogen (secondary N) is 1. The van der Waals surface area contributed by atoms with Gasteiger partial charge in [0, 0.05) is 51.3 Å². The Kier molecular flexibility index (Phi) is 5.36. The summed E-state index contributed by atoms with van der Waals surface area (Å²) in [5.74, 6) is 3.26. The Morgan fingerprint density at radius 2 is 1.96 bits per heavy atom. The predicted octanol–water partition coefficient (Wildman–Crippen LogP) is 0.492. The zero-order valence-corrected chi connectivity index (χ0v) is 15.1. The highest BCUT2D eigenvalue weighted by Crippen LogP contribution is 2.47. The van der Waals surface area contributed by atoms with Crippen molar-refractivity contribution in [2.24, 2.45) is 16.8 Å². The van der Waals surface area contributed by atoms with E-state index < -0.39 is 0 Å². The molecule has 3 heterocycles. The van der Waals surface area contributed by atoms with Crippen LogP contribution in [0.15, 0.2) is 4.99 Å². The lowest BCUT2D eigenvalue weighted by Crippen LogP contribution is -2.43. The number of rotatable bonds is 5. The molecule has 4 atom stereocenters. The molecule has 3 rings (SSSR count). The average molecular weight is 340 g/mol. The minimum atomic E-state index is 0.0389. The van der Waals surface area contributed by atoms with E-state index in [1.807, 2.05) is 11.8 Å². The molecule has 1 amide bonds. The monoisotopic (exact) mass is 340 g/mol. The fourth-order valence-electron chi connectivity index (χ4n) is 3.95. The van der Waals surface area contributed by atoms with Gasteiger partial charge in [0.25, 0.3) is 0 Å². The van der Waals surface area contributed by atoms with Gasteiger partial charge >= 0.3 is 0 Å². The number of fused-ring (bicyclic) bond motifs is 5. The van der Waals surface area contributed by atoms with Crippen molar-refractivity contribution in [2.75, 3.05) is 52.3 Å². The van der Waals surface area contributed by atoms with Gasteiger partial charge in [0.2, 0.25) is 5.91 Å². The lowest BCUT2D eigenvalue weighted by molar-refractivity contribution is -0.127. The van der Waals surface area contributed by atoms with Crippen LogP contribution in [0.3, 0.4) is 0 Å². The first-order chi connectivity index (χ1) is 11.1. The van der Waals surface area contributed by atoms with Gasteiger partial charge in [-0.15, -0.1) is 0 Å². The number of carbonyl (C=O) groups excluding carboxylic acids is 1. The molecule has 0 aromatic heterocycles. The van der Waals surface area contributed by atoms with E-state index in [0.29, 0.717) is 24.0 Å². The van der Waals surface area contributed by atoms with Gasteiger partial charge in [-0.05, 0) is 19.1 Å². The van der Waals surface area contributed by atoms with Crippen molar-refractivity contribution in [3.8, 4) is 0 Å². The maximum Gasteiger partial charge on any atom is 0.243 e. The fourth-order valence-corrected chi connectivity index (χ4v) is 4.26. The Morgan fingerprint density at radius 3 is 2.52 bits per heavy atom. The first-order valence-corrected chi connectivity index (χ1v) is 9.87. The topological polar surface area (TPSA) is 57.2 Å². The van der Waals surface area contributed by atoms with Gasteiger partial charge in [-0.2, -0.15) is 11.8 Å². The number of thioether (sulfide) groups is 1. The molecule has 23 heavy (non-hydrogen) atoms. The standard InChI is InChI=1S/C16H28N4O2S/c1-19(2)15(21)8-18-16(17-6-7-23-3)20-9-11-12(10-20)14-5-4-13(11)22-14/h11-14H,4-10H2,1-3H3,(H,17,18). The number of likely N-dealkylation sites (tertiary alicyclic amines) is 1. The highest BCUT2D eigenvalue weighted by Gasteiger charge is 2.53. The van der Waals surface area contributed by atoms with Gasteiger partial charge in [0.15, 0.2) is 5.96 Å². The Morgan fingerprint density at radius 1 is 1.30 bits per heavy atom. The number of carbonyl (C=O) groups is 1. The highest BCUT2D eigenvalue weighted by atomic mass is 32.2. The fraction of sp³-hybridized carbons (Fsp3) is 0.875. The van der Waals surface area contributed by atoms with Crippen LogP contribution in [0.4, 0.5) is 0 Å². The molecule has 0 aromatic carbocycles. The third kappa shape index (κ3) is 3.60. The molecule has 3 aliphatic rings. The molecule has 3 aliphatic heterocycles. The molecule has 0 spiro atoms. The normalized spacial score (nSPS) is 32.3. The zero-order chi connectivity index (χ0) is 16.4. The van der Waals surface area contributed by atoms with Crippen molar-refractivity contribution in [2.45, 2.75) is 25.0 Å². The Bertz CT molecular complexity index is 453. The van der Waals surface area contributed by atoms with Crippen LogP contribution < -0.4 is 5.32 Å². The number of hydrogen-bond acceptors (Lipinski definition) is 4. The highest BCUT2D eigenvalue weighted by molar-refractivity contribution is 7.98. The van der Waals surface area contributed by atoms with Crippen LogP contribution >= 0.6 is 11.8 Å². The van der Waals surface area contributed by atoms with Crippen molar-refractivity contribution < 1.29 is 9.53 Å². The van der Waals surface area contributed by atoms with Crippen LogP contribution in [0, 0.1) is 11.8 Å². The van der Waals surface area contributed by atoms with Crippen molar-refractivity contribution in [3.63, 3.8) is 0 Å². The SMILES string of the molecule is CSCCNC(=NCC(=O)N(C)C)N1CC2C3CCC(O3)C2C1. The second-order valence-electron chi connectivity index (χ2n) is 6.87. The molecule has 7 heteroatoms. The van der Waals surface area contributed by atoms with Gasteiger partial charge in [0.1, 0.15) is 6.54 Å². The molecule has 1 N–H and O–H groups in total. The van der Waals surface area contributed by atoms with E-state index in [-0.39, 0.29) is 12.5 Å². The molecule has 0 radical (unpaired) electrons. The molecule has 0 aromatic rings. The van der Waals surface area contributed by atoms with Crippen molar-refractivity contribution in [3.05, 3.63) is 0 Å². The summed E-state index contributed by atoms with van der Waals surface area (Å²) in [6, 6.07) is 0. The van der Waals surface area contributed by atoms with Crippen LogP contribution in [0.1, 0.15) is 12.8 Å². The zero-order valence-electron chi connectivity index (χ0n) is 14.3. The summed E-state index contributed by atoms with van der Waals surface area (Å²) < 4.78 is 6.04. The van der Waals surface area contributed by atoms with Gasteiger partial charge in [-0.3, -0.25) is 4.79 Å². The maximum absolute atomic E-state index is 11.9. The van der Waals surface area contributed by atoms with Crippen LogP contribution in [0.25, 0.3) is 0 Å². The van der Waals surface area contributed by atoms with E-state index >= 15 is 0 Å². The minimum Gasteiger partial charge on any atom is -0.374 e. The summed E-state index contributed by atoms with van der Waals surface area (Å²) in [4.78, 5) is 20.4. The molecular weight excluding hydrogens is 312 g/mol. The Balaban J connectivity index is 1.63. The van der Waals surface area contributed by atoms with Gasteiger partial charge < -0.3 is 19.9 Å². The summed E-state index contributed by atoms with van der Waals surface area (Å²) in [6.45, 7) is 3.11. The molecule has 3 saturated heterocycles. The smallest absolute Gasteiger partial charge is 0.243 e. The molecular formula is C16H28N4O2S. The van der Waals surface area contributed by atoms with E-state index in [4.69, 9.17) is 4.74 Å². The van der Waals surface area contributed by atoms with E-state index in [1.165, 1.54) is 12.8 Å². The average Bonchev–Trinajstić information content (AvgIpc) is 3.21. The van der Waals surface area contributed by atoms with Crippen molar-refractivity contribution in [1.29, 1.82) is 0 Å². The minimum absolute atomic E-state index is 0.0389. The summed E-state index contributed by atoms with van der Waals surface area (Å²) in [7, 11) is 3.54. The van der Waals surface area contributed by atoms with Gasteiger partial charge in [0.05, 0.1) is 12.2 Å². The van der Waals surface area contributed by atoms with Crippen molar-refractivity contribution in [1.82, 2.24) is 15.1 Å². The molecule has 0 saturated carbocycles. The van der Waals surface area contributed by atoms with E-state index in [2.05, 4.69) is 21.5 Å². The van der Waals surface area contributed by atoms with Crippen LogP contribution in [-0.2, 0) is 9.53 Å². The summed E-state index contributed by atoms with van der Waals surface area (Å²) in [5, 5.41) is 3.44. The maximum atomic E-state index is 11.9. The van der Waals surface area contributed by atoms with Gasteiger partial charge in [-0.25, -0.2) is 4.99 Å². The second kappa shape index (κ2) is 7.30. The third-order valence-corrected chi connectivity index (χ3v) is 5.82. The van der Waals surface area contributed by atoms with E-state index in [9.17, 15) is 4.79 Å². The Hall–Kier alpha value is -0.950. The molecule has 2 bridgehead atoms. The lowest BCUT2D eigenvalue weighted by Gasteiger charge is -2.24. The summed E-state index contributed by atoms with van der Waals surface area (Å²) in [5.41, 5.74) is 0. The number of guanidine groups is 1. The number of amides is 1. The molecule has 6 nitrogen and oxygen atoms in total. The molecule has 130 valence electrons. The Labute approximate surface area is 143 Å². The number of nitrogens with zero attached hydrogens (tertiary/aromatic N) is 3. The first-order valence-electron chi connectivity index (χ1n) is 8.48. The number of likely N-dealkylation sites (N-methyl/N-ethyl adjacent to an activating group) is 1. The number of hydrogen-bond donors (Lipinski definition) is 1. The number of aliphatic imine (C=N–C) groups is 1. The summed E-state index contributed by atoms with van der Waals surface area (Å²) >= 11 is 1.81. The largest absolute Gasteiger partial charge is 0.374 e. The van der Waals surface area contributed by atoms with Gasteiger partial charge in [-0.1, -0.05) is 0 Å². The molecule has 0 aliphatic carbocycles. The van der Waals surface area contributed by atoms with Crippen molar-refractivity contribution >= 4 is 23.6 Å². The quantitative estimate of drug-likeness (QED) is 0.448. The first kappa shape index (κ1) is 16.9. The van der Waals surface area contributed by atoms with E-state index in [0.717, 1.165) is 31.3 Å². The second-order valence-corrected chi connectivity index (χ2v) is 7.86. The number of ether oxygens (including phenoxy) is 1. The lowest BCUT2D eigenvalue weighted by atomic mass is 9.82. The molecule has 4 unspecified atom stereocenters.